The van der Waals surface area contributed by atoms with E-state index in [-0.39, 0.29) is 18.4 Å². The smallest absolute Gasteiger partial charge is 0.239 e. The first-order valence-electron chi connectivity index (χ1n) is 9.02. The molecular weight excluding hydrogens is 360 g/mol. The van der Waals surface area contributed by atoms with Gasteiger partial charge in [-0.1, -0.05) is 62.4 Å². The number of benzene rings is 2. The summed E-state index contributed by atoms with van der Waals surface area (Å²) < 4.78 is 25.9. The van der Waals surface area contributed by atoms with Gasteiger partial charge in [0, 0.05) is 11.7 Å². The van der Waals surface area contributed by atoms with E-state index in [9.17, 15) is 13.2 Å². The molecule has 2 aromatic carbocycles. The third kappa shape index (κ3) is 5.40. The van der Waals surface area contributed by atoms with Crippen LogP contribution in [0.15, 0.2) is 48.5 Å². The van der Waals surface area contributed by atoms with E-state index in [0.29, 0.717) is 0 Å². The maximum Gasteiger partial charge on any atom is 0.239 e. The van der Waals surface area contributed by atoms with Crippen molar-refractivity contribution in [1.29, 1.82) is 0 Å². The van der Waals surface area contributed by atoms with Crippen molar-refractivity contribution in [3.05, 3.63) is 65.2 Å². The van der Waals surface area contributed by atoms with Crippen LogP contribution in [-0.4, -0.2) is 31.4 Å². The molecule has 0 radical (unpaired) electrons. The van der Waals surface area contributed by atoms with Crippen LogP contribution in [0.1, 0.15) is 49.4 Å². The topological polar surface area (TPSA) is 66.5 Å². The standard InChI is InChI=1S/C21H28N2O3S/c1-15(2)19-13-9-10-16(3)21(19)22-20(24)14-23(27(5,25)26)17(4)18-11-7-6-8-12-18/h6-13,15,17H,14H2,1-5H3,(H,22,24). The third-order valence-corrected chi connectivity index (χ3v) is 5.93. The molecule has 5 nitrogen and oxygen atoms in total. The summed E-state index contributed by atoms with van der Waals surface area (Å²) in [5.41, 5.74) is 3.59. The third-order valence-electron chi connectivity index (χ3n) is 4.63. The molecule has 2 rings (SSSR count). The summed E-state index contributed by atoms with van der Waals surface area (Å²) in [4.78, 5) is 12.7. The lowest BCUT2D eigenvalue weighted by atomic mass is 9.98. The van der Waals surface area contributed by atoms with Gasteiger partial charge in [0.2, 0.25) is 15.9 Å². The number of anilines is 1. The molecule has 27 heavy (non-hydrogen) atoms. The van der Waals surface area contributed by atoms with Crippen LogP contribution in [0.25, 0.3) is 0 Å². The van der Waals surface area contributed by atoms with Crippen molar-refractivity contribution in [3.63, 3.8) is 0 Å². The Balaban J connectivity index is 2.26. The Morgan fingerprint density at radius 3 is 2.22 bits per heavy atom. The lowest BCUT2D eigenvalue weighted by molar-refractivity contribution is -0.116. The van der Waals surface area contributed by atoms with Gasteiger partial charge in [0.05, 0.1) is 12.8 Å². The van der Waals surface area contributed by atoms with Crippen LogP contribution in [0.5, 0.6) is 0 Å². The molecule has 1 amide bonds. The number of rotatable bonds is 7. The van der Waals surface area contributed by atoms with Gasteiger partial charge in [0.1, 0.15) is 0 Å². The van der Waals surface area contributed by atoms with Gasteiger partial charge in [-0.3, -0.25) is 4.79 Å². The Hall–Kier alpha value is -2.18. The van der Waals surface area contributed by atoms with Crippen molar-refractivity contribution in [1.82, 2.24) is 4.31 Å². The molecule has 6 heteroatoms. The van der Waals surface area contributed by atoms with Crippen LogP contribution in [0.2, 0.25) is 0 Å². The fraction of sp³-hybridized carbons (Fsp3) is 0.381. The van der Waals surface area contributed by atoms with Crippen molar-refractivity contribution in [2.45, 2.75) is 39.7 Å². The number of carbonyl (C=O) groups is 1. The SMILES string of the molecule is Cc1cccc(C(C)C)c1NC(=O)CN(C(C)c1ccccc1)S(C)(=O)=O. The highest BCUT2D eigenvalue weighted by atomic mass is 32.2. The van der Waals surface area contributed by atoms with Crippen LogP contribution in [0, 0.1) is 6.92 Å². The zero-order valence-corrected chi connectivity index (χ0v) is 17.4. The Morgan fingerprint density at radius 1 is 1.04 bits per heavy atom. The summed E-state index contributed by atoms with van der Waals surface area (Å²) in [6, 6.07) is 14.7. The van der Waals surface area contributed by atoms with Crippen LogP contribution in [-0.2, 0) is 14.8 Å². The maximum atomic E-state index is 12.7. The molecule has 0 spiro atoms. The molecule has 146 valence electrons. The molecule has 0 heterocycles. The first-order valence-corrected chi connectivity index (χ1v) is 10.9. The second-order valence-electron chi connectivity index (χ2n) is 7.14. The van der Waals surface area contributed by atoms with Crippen molar-refractivity contribution in [2.24, 2.45) is 0 Å². The maximum absolute atomic E-state index is 12.7. The van der Waals surface area contributed by atoms with Gasteiger partial charge in [0.15, 0.2) is 0 Å². The Bertz CT molecular complexity index is 893. The predicted octanol–water partition coefficient (Wildman–Crippen LogP) is 4.08. The average Bonchev–Trinajstić information content (AvgIpc) is 2.60. The van der Waals surface area contributed by atoms with Crippen LogP contribution < -0.4 is 5.32 Å². The highest BCUT2D eigenvalue weighted by molar-refractivity contribution is 7.88. The monoisotopic (exact) mass is 388 g/mol. The summed E-state index contributed by atoms with van der Waals surface area (Å²) in [7, 11) is -3.56. The Labute approximate surface area is 162 Å². The van der Waals surface area contributed by atoms with Crippen molar-refractivity contribution in [3.8, 4) is 0 Å². The van der Waals surface area contributed by atoms with Gasteiger partial charge < -0.3 is 5.32 Å². The summed E-state index contributed by atoms with van der Waals surface area (Å²) in [5.74, 6) is -0.103. The number of sulfonamides is 1. The number of carbonyl (C=O) groups excluding carboxylic acids is 1. The number of hydrogen-bond donors (Lipinski definition) is 1. The van der Waals surface area contributed by atoms with Gasteiger partial charge >= 0.3 is 0 Å². The number of nitrogens with one attached hydrogen (secondary N) is 1. The minimum atomic E-state index is -3.56. The fourth-order valence-corrected chi connectivity index (χ4v) is 4.15. The van der Waals surface area contributed by atoms with E-state index in [0.717, 1.165) is 28.6 Å². The minimum Gasteiger partial charge on any atom is -0.324 e. The van der Waals surface area contributed by atoms with Crippen molar-refractivity contribution < 1.29 is 13.2 Å². The number of aryl methyl sites for hydroxylation is 1. The lowest BCUT2D eigenvalue weighted by Gasteiger charge is -2.27. The number of amides is 1. The van der Waals surface area contributed by atoms with Crippen LogP contribution >= 0.6 is 0 Å². The molecule has 0 aliphatic rings. The molecule has 0 aliphatic heterocycles. The van der Waals surface area contributed by atoms with Gasteiger partial charge in [-0.05, 0) is 36.5 Å². The van der Waals surface area contributed by atoms with Gasteiger partial charge in [-0.2, -0.15) is 4.31 Å². The molecule has 0 fully saturated rings. The van der Waals surface area contributed by atoms with Gasteiger partial charge in [0.25, 0.3) is 0 Å². The average molecular weight is 389 g/mol. The normalized spacial score (nSPS) is 13.0. The molecule has 1 N–H and O–H groups in total. The molecule has 1 atom stereocenters. The number of para-hydroxylation sites is 1. The quantitative estimate of drug-likeness (QED) is 0.777. The van der Waals surface area contributed by atoms with Crippen LogP contribution in [0.3, 0.4) is 0 Å². The van der Waals surface area contributed by atoms with Gasteiger partial charge in [-0.25, -0.2) is 8.42 Å². The molecule has 0 bridgehead atoms. The molecule has 0 aliphatic carbocycles. The van der Waals surface area contributed by atoms with E-state index in [1.807, 2.05) is 55.5 Å². The molecule has 0 saturated carbocycles. The zero-order chi connectivity index (χ0) is 20.2. The molecule has 0 aromatic heterocycles. The summed E-state index contributed by atoms with van der Waals surface area (Å²) in [5, 5.41) is 2.92. The first kappa shape index (κ1) is 21.1. The lowest BCUT2D eigenvalue weighted by Crippen LogP contribution is -2.39. The van der Waals surface area contributed by atoms with E-state index in [2.05, 4.69) is 19.2 Å². The van der Waals surface area contributed by atoms with E-state index in [1.165, 1.54) is 4.31 Å². The molecule has 2 aromatic rings. The summed E-state index contributed by atoms with van der Waals surface area (Å²) >= 11 is 0. The Morgan fingerprint density at radius 2 is 1.67 bits per heavy atom. The number of hydrogen-bond acceptors (Lipinski definition) is 3. The second kappa shape index (κ2) is 8.67. The molecule has 1 unspecified atom stereocenters. The minimum absolute atomic E-state index is 0.235. The van der Waals surface area contributed by atoms with E-state index in [1.54, 1.807) is 6.92 Å². The molecule has 0 saturated heterocycles. The van der Waals surface area contributed by atoms with Crippen molar-refractivity contribution >= 4 is 21.6 Å². The molecular formula is C21H28N2O3S. The Kier molecular flexibility index (Phi) is 6.78. The van der Waals surface area contributed by atoms with E-state index >= 15 is 0 Å². The second-order valence-corrected chi connectivity index (χ2v) is 9.07. The number of nitrogens with zero attached hydrogens (tertiary/aromatic N) is 1. The zero-order valence-electron chi connectivity index (χ0n) is 16.6. The van der Waals surface area contributed by atoms with E-state index < -0.39 is 16.1 Å². The highest BCUT2D eigenvalue weighted by Crippen LogP contribution is 2.28. The predicted molar refractivity (Wildman–Crippen MR) is 110 cm³/mol. The van der Waals surface area contributed by atoms with Crippen molar-refractivity contribution in [2.75, 3.05) is 18.1 Å². The summed E-state index contributed by atoms with van der Waals surface area (Å²) in [6.07, 6.45) is 1.13. The van der Waals surface area contributed by atoms with Crippen LogP contribution in [0.4, 0.5) is 5.69 Å². The summed E-state index contributed by atoms with van der Waals surface area (Å²) in [6.45, 7) is 7.61. The fourth-order valence-electron chi connectivity index (χ4n) is 3.10. The van der Waals surface area contributed by atoms with Gasteiger partial charge in [-0.15, -0.1) is 0 Å². The first-order chi connectivity index (χ1) is 12.6. The highest BCUT2D eigenvalue weighted by Gasteiger charge is 2.27. The van der Waals surface area contributed by atoms with E-state index in [4.69, 9.17) is 0 Å². The largest absolute Gasteiger partial charge is 0.324 e.